The van der Waals surface area contributed by atoms with Crippen LogP contribution in [0.5, 0.6) is 0 Å². The summed E-state index contributed by atoms with van der Waals surface area (Å²) in [4.78, 5) is 121. The first-order valence-electron chi connectivity index (χ1n) is 38.7. The Bertz CT molecular complexity index is 2560. The lowest BCUT2D eigenvalue weighted by Gasteiger charge is -2.28. The first-order valence-corrected chi connectivity index (χ1v) is 38.7. The molecule has 0 aliphatic rings. The molecule has 0 aliphatic carbocycles. The van der Waals surface area contributed by atoms with Crippen LogP contribution in [0.4, 0.5) is 13.2 Å². The highest BCUT2D eigenvalue weighted by molar-refractivity contribution is 5.87. The molecule has 0 aliphatic heterocycles. The second-order valence-corrected chi connectivity index (χ2v) is 38.0. The normalized spacial score (nSPS) is 11.6. The molecule has 107 heavy (non-hydrogen) atoms. The molecule has 0 saturated heterocycles. The van der Waals surface area contributed by atoms with Crippen LogP contribution in [0.3, 0.4) is 0 Å². The molecule has 1 aromatic rings. The molecule has 1 rings (SSSR count). The van der Waals surface area contributed by atoms with E-state index < -0.39 is 18.0 Å². The fourth-order valence-corrected chi connectivity index (χ4v) is 7.27. The van der Waals surface area contributed by atoms with Crippen LogP contribution in [0.2, 0.25) is 0 Å². The molecule has 21 heteroatoms. The van der Waals surface area contributed by atoms with Crippen molar-refractivity contribution in [1.29, 1.82) is 0 Å². The number of halogens is 3. The van der Waals surface area contributed by atoms with Crippen molar-refractivity contribution in [1.82, 2.24) is 40.0 Å². The third-order valence-corrected chi connectivity index (χ3v) is 14.5. The van der Waals surface area contributed by atoms with E-state index in [1.54, 1.807) is 62.0 Å². The largest absolute Gasteiger partial charge is 0.390 e. The third kappa shape index (κ3) is 73.0. The number of Topliss-reactive ketones (excluding diaryl/α,β-unsaturated/α-hetero) is 4. The van der Waals surface area contributed by atoms with Gasteiger partial charge in [-0.1, -0.05) is 249 Å². The van der Waals surface area contributed by atoms with Crippen LogP contribution in [0.15, 0.2) is 18.5 Å². The fraction of sp³-hybridized carbons (Fsp3) is 0.837. The topological polar surface area (TPSA) is 225 Å². The molecule has 0 atom stereocenters. The number of alkyl halides is 3. The van der Waals surface area contributed by atoms with E-state index in [0.29, 0.717) is 48.6 Å². The minimum absolute atomic E-state index is 0.113. The molecule has 0 radical (unpaired) electrons. The van der Waals surface area contributed by atoms with Crippen molar-refractivity contribution in [3.8, 4) is 0 Å². The molecule has 0 spiro atoms. The summed E-state index contributed by atoms with van der Waals surface area (Å²) in [5.41, 5.74) is -1.59. The maximum absolute atomic E-state index is 11.8. The van der Waals surface area contributed by atoms with Crippen LogP contribution in [0.1, 0.15) is 335 Å². The van der Waals surface area contributed by atoms with Gasteiger partial charge < -0.3 is 29.8 Å². The summed E-state index contributed by atoms with van der Waals surface area (Å²) in [6.45, 7) is 85.5. The van der Waals surface area contributed by atoms with E-state index in [2.05, 4.69) is 29.4 Å². The summed E-state index contributed by atoms with van der Waals surface area (Å²) < 4.78 is 35.5. The van der Waals surface area contributed by atoms with E-state index >= 15 is 0 Å². The molecule has 6 amide bonds. The van der Waals surface area contributed by atoms with Gasteiger partial charge in [-0.3, -0.25) is 47.9 Å². The van der Waals surface area contributed by atoms with Gasteiger partial charge in [-0.25, -0.2) is 0 Å². The van der Waals surface area contributed by atoms with Crippen LogP contribution in [0.25, 0.3) is 0 Å². The lowest BCUT2D eigenvalue weighted by molar-refractivity contribution is -0.148. The second-order valence-electron chi connectivity index (χ2n) is 38.0. The van der Waals surface area contributed by atoms with Gasteiger partial charge >= 0.3 is 6.18 Å². The van der Waals surface area contributed by atoms with Crippen LogP contribution in [-0.4, -0.2) is 173 Å². The smallest absolute Gasteiger partial charge is 0.353 e. The SMILES string of the molecule is CC.CC(C)(C)C(=O)Cc1ccnnc1.CC(C)CC(=O)C(C)(C)C.CC(C)N(C)C(=O)C(C)(C)C.CC(C)NC(=O)C(C)(C)C.CCC(=O)C(C)(C)C.CCCC(=O)C(C)(C)C.CCN(C)C(=O)C(C)(C)C.CCN(CC)C(=O)C(C)(C)C.CN(C)C(=O)C(C)(C)C.CN(CCC(F)(F)F)C(=O)C(C)(C)C. The molecule has 1 aromatic heterocycles. The molecule has 0 unspecified atom stereocenters. The summed E-state index contributed by atoms with van der Waals surface area (Å²) in [6, 6.07) is 2.35. The number of carbonyl (C=O) groups excluding carboxylic acids is 10. The average molecular weight is 1530 g/mol. The zero-order valence-corrected chi connectivity index (χ0v) is 78.4. The minimum atomic E-state index is -4.20. The van der Waals surface area contributed by atoms with Crippen molar-refractivity contribution in [2.45, 2.75) is 355 Å². The van der Waals surface area contributed by atoms with Gasteiger partial charge in [0.15, 0.2) is 0 Å². The number of ketones is 4. The van der Waals surface area contributed by atoms with Crippen molar-refractivity contribution in [2.24, 2.45) is 60.1 Å². The predicted molar refractivity (Wildman–Crippen MR) is 446 cm³/mol. The van der Waals surface area contributed by atoms with Crippen molar-refractivity contribution in [3.05, 3.63) is 24.0 Å². The monoisotopic (exact) mass is 1530 g/mol. The molecule has 1 N–H and O–H groups in total. The van der Waals surface area contributed by atoms with Crippen LogP contribution < -0.4 is 5.32 Å². The first-order chi connectivity index (χ1) is 47.1. The Morgan fingerprint density at radius 2 is 0.766 bits per heavy atom. The lowest BCUT2D eigenvalue weighted by Crippen LogP contribution is -2.40. The second kappa shape index (κ2) is 55.7. The summed E-state index contributed by atoms with van der Waals surface area (Å²) in [5, 5.41) is 10.2. The van der Waals surface area contributed by atoms with Crippen molar-refractivity contribution < 1.29 is 61.1 Å². The highest BCUT2D eigenvalue weighted by Crippen LogP contribution is 2.25. The molecule has 0 bridgehead atoms. The van der Waals surface area contributed by atoms with Crippen LogP contribution in [-0.2, 0) is 54.4 Å². The number of aromatic nitrogens is 2. The van der Waals surface area contributed by atoms with Gasteiger partial charge in [0.25, 0.3) is 0 Å². The Morgan fingerprint density at radius 1 is 0.421 bits per heavy atom. The van der Waals surface area contributed by atoms with E-state index in [9.17, 15) is 61.1 Å². The molecule has 0 saturated carbocycles. The molecular formula is C86H171F3N8O10. The van der Waals surface area contributed by atoms with E-state index in [-0.39, 0.29) is 103 Å². The number of nitrogens with zero attached hydrogens (tertiary/aromatic N) is 7. The Labute approximate surface area is 656 Å². The third-order valence-electron chi connectivity index (χ3n) is 14.5. The molecule has 636 valence electrons. The van der Waals surface area contributed by atoms with Gasteiger partial charge in [0.1, 0.15) is 23.1 Å². The Kier molecular flexibility index (Phi) is 63.7. The van der Waals surface area contributed by atoms with Crippen molar-refractivity contribution in [3.63, 3.8) is 0 Å². The van der Waals surface area contributed by atoms with Gasteiger partial charge in [-0.05, 0) is 72.4 Å². The van der Waals surface area contributed by atoms with Gasteiger partial charge in [0.05, 0.1) is 12.6 Å². The van der Waals surface area contributed by atoms with Crippen LogP contribution >= 0.6 is 0 Å². The van der Waals surface area contributed by atoms with Gasteiger partial charge in [-0.15, -0.1) is 0 Å². The fourth-order valence-electron chi connectivity index (χ4n) is 7.27. The molecule has 1 heterocycles. The Balaban J connectivity index is -0.000000122. The average Bonchev–Trinajstić information content (AvgIpc) is 0.888. The van der Waals surface area contributed by atoms with E-state index in [1.165, 1.54) is 7.05 Å². The summed E-state index contributed by atoms with van der Waals surface area (Å²) in [5.74, 6) is 2.42. The summed E-state index contributed by atoms with van der Waals surface area (Å²) >= 11 is 0. The van der Waals surface area contributed by atoms with Gasteiger partial charge in [0.2, 0.25) is 35.4 Å². The van der Waals surface area contributed by atoms with Gasteiger partial charge in [-0.2, -0.15) is 23.4 Å². The first kappa shape index (κ1) is 122. The van der Waals surface area contributed by atoms with E-state index in [4.69, 9.17) is 0 Å². The van der Waals surface area contributed by atoms with E-state index in [0.717, 1.165) is 42.9 Å². The Hall–Kier alpha value is -5.63. The summed E-state index contributed by atoms with van der Waals surface area (Å²) in [7, 11) is 8.60. The Morgan fingerprint density at radius 3 is 0.916 bits per heavy atom. The highest BCUT2D eigenvalue weighted by atomic mass is 19.4. The number of carbonyl (C=O) groups is 10. The van der Waals surface area contributed by atoms with E-state index in [1.807, 2.05) is 288 Å². The van der Waals surface area contributed by atoms with Crippen LogP contribution in [0, 0.1) is 60.1 Å². The molecule has 0 fully saturated rings. The quantitative estimate of drug-likeness (QED) is 0.184. The lowest BCUT2D eigenvalue weighted by atomic mass is 9.86. The van der Waals surface area contributed by atoms with Crippen molar-refractivity contribution >= 4 is 58.6 Å². The number of hydrogen-bond acceptors (Lipinski definition) is 12. The minimum Gasteiger partial charge on any atom is -0.353 e. The maximum Gasteiger partial charge on any atom is 0.390 e. The molecule has 18 nitrogen and oxygen atoms in total. The van der Waals surface area contributed by atoms with Crippen molar-refractivity contribution in [2.75, 3.05) is 61.4 Å². The standard InChI is InChI=1S/C10H14N2O.C9H16F3NO.2C9H19NO.C9H18O.2C8H17NO.C8H16O.C7H15NO.C7H14O.C2H6/c1-10(2,3)9(13)6-8-4-5-11-12-7-8;1-8(2,3)7(14)13(4)6-5-9(10,11)12;1-7(2)10(6)8(11)9(3,4)5;1-6-10(7-2)8(11)9(3,4)5;1-7(2)6-8(10)9(3,4)5;1-6-9(5)7(10)8(2,3)4;1-6(2)9-7(10)8(3,4)5;1-5-6-7(9)8(2,3)4;1-7(2,3)6(9)8(4)5;1-5-6(8)7(2,3)4;1-2/h4-5,7H,6H2,1-3H3;5-6H2,1-4H3;7H,1-6H3;6-7H2,1-5H3;7H,6H2,1-5H3;6H2,1-5H3;6H,1-5H3,(H,9,10);5-6H2,1-4H3;1-5H3;5H2,1-4H3;1-2H3. The van der Waals surface area contributed by atoms with Gasteiger partial charge in [0, 0.05) is 160 Å². The number of hydrogen-bond donors (Lipinski definition) is 1. The maximum atomic E-state index is 11.8. The zero-order chi connectivity index (χ0) is 88.8. The number of rotatable bonds is 14. The zero-order valence-electron chi connectivity index (χ0n) is 78.4. The summed E-state index contributed by atoms with van der Waals surface area (Å²) in [6.07, 6.45) is 1.58. The predicted octanol–water partition coefficient (Wildman–Crippen LogP) is 20.2. The highest BCUT2D eigenvalue weighted by Gasteiger charge is 2.32. The number of amides is 6. The number of nitrogens with one attached hydrogen (secondary N) is 1. The molecular weight excluding hydrogens is 1360 g/mol. The molecule has 0 aromatic carbocycles.